The van der Waals surface area contributed by atoms with E-state index in [2.05, 4.69) is 10.6 Å². The Labute approximate surface area is 181 Å². The van der Waals surface area contributed by atoms with Crippen molar-refractivity contribution >= 4 is 34.1 Å². The summed E-state index contributed by atoms with van der Waals surface area (Å²) in [6, 6.07) is 11.1. The average molecular weight is 428 g/mol. The number of carbonyl (C=O) groups is 3. The Morgan fingerprint density at radius 2 is 1.70 bits per heavy atom. The normalized spacial score (nSPS) is 15.0. The fourth-order valence-electron chi connectivity index (χ4n) is 3.28. The zero-order valence-electron chi connectivity index (χ0n) is 18.0. The molecule has 1 aromatic heterocycles. The zero-order valence-corrected chi connectivity index (χ0v) is 18.8. The summed E-state index contributed by atoms with van der Waals surface area (Å²) in [5, 5.41) is 6.67. The summed E-state index contributed by atoms with van der Waals surface area (Å²) in [4.78, 5) is 40.0. The minimum Gasteiger partial charge on any atom is -0.349 e. The zero-order chi connectivity index (χ0) is 21.9. The fourth-order valence-corrected chi connectivity index (χ4v) is 4.32. The van der Waals surface area contributed by atoms with Crippen LogP contribution in [0.3, 0.4) is 0 Å². The first-order chi connectivity index (χ1) is 14.1. The molecule has 6 nitrogen and oxygen atoms in total. The molecular formula is C23H29N3O3S. The molecule has 2 aromatic rings. The van der Waals surface area contributed by atoms with Crippen LogP contribution in [-0.2, 0) is 4.79 Å². The third-order valence-corrected chi connectivity index (χ3v) is 6.32. The van der Waals surface area contributed by atoms with Crippen LogP contribution < -0.4 is 10.6 Å². The summed E-state index contributed by atoms with van der Waals surface area (Å²) in [6.45, 7) is 8.66. The van der Waals surface area contributed by atoms with Crippen molar-refractivity contribution in [3.63, 3.8) is 0 Å². The molecule has 1 saturated heterocycles. The van der Waals surface area contributed by atoms with Crippen LogP contribution in [0.2, 0.25) is 0 Å². The van der Waals surface area contributed by atoms with Crippen molar-refractivity contribution in [2.24, 2.45) is 5.41 Å². The van der Waals surface area contributed by atoms with Gasteiger partial charge in [-0.1, -0.05) is 39.0 Å². The van der Waals surface area contributed by atoms with Gasteiger partial charge in [0.2, 0.25) is 5.91 Å². The first-order valence-corrected chi connectivity index (χ1v) is 11.0. The van der Waals surface area contributed by atoms with Gasteiger partial charge >= 0.3 is 0 Å². The van der Waals surface area contributed by atoms with Gasteiger partial charge in [-0.05, 0) is 43.5 Å². The molecule has 0 radical (unpaired) electrons. The van der Waals surface area contributed by atoms with Crippen molar-refractivity contribution in [1.82, 2.24) is 10.2 Å². The van der Waals surface area contributed by atoms with Crippen LogP contribution >= 0.6 is 11.3 Å². The second-order valence-corrected chi connectivity index (χ2v) is 9.79. The number of thiophene rings is 1. The molecule has 1 fully saturated rings. The number of hydrogen-bond donors (Lipinski definition) is 2. The van der Waals surface area contributed by atoms with Crippen LogP contribution in [-0.4, -0.2) is 41.8 Å². The summed E-state index contributed by atoms with van der Waals surface area (Å²) < 4.78 is 0. The lowest BCUT2D eigenvalue weighted by Crippen LogP contribution is -2.46. The first-order valence-electron chi connectivity index (χ1n) is 10.2. The van der Waals surface area contributed by atoms with E-state index >= 15 is 0 Å². The number of likely N-dealkylation sites (tertiary alicyclic amines) is 1. The molecule has 0 bridgehead atoms. The maximum absolute atomic E-state index is 13.0. The van der Waals surface area contributed by atoms with E-state index in [9.17, 15) is 14.4 Å². The van der Waals surface area contributed by atoms with Gasteiger partial charge in [-0.15, -0.1) is 11.3 Å². The Hall–Kier alpha value is -2.67. The lowest BCUT2D eigenvalue weighted by molar-refractivity contribution is -0.123. The number of carbonyl (C=O) groups excluding carboxylic acids is 3. The second-order valence-electron chi connectivity index (χ2n) is 8.73. The summed E-state index contributed by atoms with van der Waals surface area (Å²) in [5.41, 5.74) is 1.03. The number of nitrogens with zero attached hydrogens (tertiary/aromatic N) is 1. The Bertz CT molecular complexity index is 923. The van der Waals surface area contributed by atoms with Crippen molar-refractivity contribution in [3.8, 4) is 0 Å². The number of aryl methyl sites for hydroxylation is 1. The summed E-state index contributed by atoms with van der Waals surface area (Å²) in [7, 11) is 0. The third kappa shape index (κ3) is 5.27. The molecule has 0 unspecified atom stereocenters. The average Bonchev–Trinajstić information content (AvgIpc) is 3.08. The molecule has 2 heterocycles. The van der Waals surface area contributed by atoms with E-state index in [1.54, 1.807) is 12.1 Å². The molecule has 30 heavy (non-hydrogen) atoms. The third-order valence-electron chi connectivity index (χ3n) is 5.18. The van der Waals surface area contributed by atoms with Crippen LogP contribution in [0.4, 0.5) is 5.00 Å². The van der Waals surface area contributed by atoms with E-state index in [1.807, 2.05) is 56.9 Å². The predicted octanol–water partition coefficient (Wildman–Crippen LogP) is 4.08. The van der Waals surface area contributed by atoms with E-state index in [1.165, 1.54) is 11.3 Å². The number of benzene rings is 1. The summed E-state index contributed by atoms with van der Waals surface area (Å²) in [6.07, 6.45) is 1.45. The molecule has 0 saturated carbocycles. The first kappa shape index (κ1) is 22.0. The van der Waals surface area contributed by atoms with Crippen LogP contribution in [0.15, 0.2) is 36.4 Å². The minimum absolute atomic E-state index is 0.0124. The largest absolute Gasteiger partial charge is 0.349 e. The molecule has 2 N–H and O–H groups in total. The molecule has 0 aliphatic carbocycles. The van der Waals surface area contributed by atoms with Crippen LogP contribution in [0.25, 0.3) is 0 Å². The minimum atomic E-state index is -0.492. The topological polar surface area (TPSA) is 78.5 Å². The van der Waals surface area contributed by atoms with E-state index in [0.29, 0.717) is 28.5 Å². The van der Waals surface area contributed by atoms with Crippen molar-refractivity contribution in [2.75, 3.05) is 18.4 Å². The number of anilines is 1. The van der Waals surface area contributed by atoms with E-state index in [4.69, 9.17) is 0 Å². The summed E-state index contributed by atoms with van der Waals surface area (Å²) >= 11 is 1.32. The van der Waals surface area contributed by atoms with Gasteiger partial charge in [0.15, 0.2) is 0 Å². The molecule has 0 atom stereocenters. The molecule has 3 rings (SSSR count). The Balaban J connectivity index is 1.56. The van der Waals surface area contributed by atoms with Crippen molar-refractivity contribution in [3.05, 3.63) is 52.4 Å². The monoisotopic (exact) mass is 427 g/mol. The maximum atomic E-state index is 13.0. The standard InChI is InChI=1S/C23H29N3O3S/c1-15-14-18(25-22(29)23(2,3)4)30-19(15)21(28)26-12-10-17(11-13-26)24-20(27)16-8-6-5-7-9-16/h5-9,14,17H,10-13H2,1-4H3,(H,24,27)(H,25,29). The van der Waals surface area contributed by atoms with Gasteiger partial charge in [-0.2, -0.15) is 0 Å². The highest BCUT2D eigenvalue weighted by atomic mass is 32.1. The van der Waals surface area contributed by atoms with Gasteiger partial charge in [0.05, 0.1) is 9.88 Å². The number of amides is 3. The predicted molar refractivity (Wildman–Crippen MR) is 120 cm³/mol. The van der Waals surface area contributed by atoms with Crippen LogP contribution in [0, 0.1) is 12.3 Å². The van der Waals surface area contributed by atoms with E-state index in [-0.39, 0.29) is 23.8 Å². The highest BCUT2D eigenvalue weighted by molar-refractivity contribution is 7.18. The van der Waals surface area contributed by atoms with Gasteiger partial charge in [-0.3, -0.25) is 14.4 Å². The Morgan fingerprint density at radius 1 is 1.07 bits per heavy atom. The molecule has 3 amide bonds. The van der Waals surface area contributed by atoms with Gasteiger partial charge in [0.1, 0.15) is 0 Å². The number of rotatable bonds is 4. The molecule has 1 aromatic carbocycles. The van der Waals surface area contributed by atoms with Gasteiger partial charge in [0.25, 0.3) is 11.8 Å². The molecule has 160 valence electrons. The smallest absolute Gasteiger partial charge is 0.264 e. The van der Waals surface area contributed by atoms with Crippen LogP contribution in [0.1, 0.15) is 59.2 Å². The lowest BCUT2D eigenvalue weighted by Gasteiger charge is -2.32. The molecule has 1 aliphatic heterocycles. The highest BCUT2D eigenvalue weighted by Gasteiger charge is 2.28. The quantitative estimate of drug-likeness (QED) is 0.772. The number of hydrogen-bond acceptors (Lipinski definition) is 4. The van der Waals surface area contributed by atoms with Crippen LogP contribution in [0.5, 0.6) is 0 Å². The Kier molecular flexibility index (Phi) is 6.61. The van der Waals surface area contributed by atoms with Crippen molar-refractivity contribution in [2.45, 2.75) is 46.6 Å². The molecule has 0 spiro atoms. The fraction of sp³-hybridized carbons (Fsp3) is 0.435. The van der Waals surface area contributed by atoms with Gasteiger partial charge in [-0.25, -0.2) is 0 Å². The SMILES string of the molecule is Cc1cc(NC(=O)C(C)(C)C)sc1C(=O)N1CCC(NC(=O)c2ccccc2)CC1. The van der Waals surface area contributed by atoms with Gasteiger partial charge < -0.3 is 15.5 Å². The second kappa shape index (κ2) is 9.00. The molecule has 1 aliphatic rings. The van der Waals surface area contributed by atoms with Crippen molar-refractivity contribution < 1.29 is 14.4 Å². The lowest BCUT2D eigenvalue weighted by atomic mass is 9.96. The maximum Gasteiger partial charge on any atom is 0.264 e. The Morgan fingerprint density at radius 3 is 2.30 bits per heavy atom. The summed E-state index contributed by atoms with van der Waals surface area (Å²) in [5.74, 6) is -0.159. The number of piperidine rings is 1. The molecular weight excluding hydrogens is 398 g/mol. The van der Waals surface area contributed by atoms with Gasteiger partial charge in [0, 0.05) is 30.1 Å². The van der Waals surface area contributed by atoms with Crippen molar-refractivity contribution in [1.29, 1.82) is 0 Å². The number of nitrogens with one attached hydrogen (secondary N) is 2. The highest BCUT2D eigenvalue weighted by Crippen LogP contribution is 2.30. The van der Waals surface area contributed by atoms with E-state index in [0.717, 1.165) is 18.4 Å². The molecule has 7 heteroatoms. The van der Waals surface area contributed by atoms with E-state index < -0.39 is 5.41 Å².